The molecule has 0 saturated heterocycles. The highest BCUT2D eigenvalue weighted by molar-refractivity contribution is 5.85. The third-order valence-corrected chi connectivity index (χ3v) is 1.44. The molecule has 1 heterocycles. The number of halogens is 1. The zero-order chi connectivity index (χ0) is 9.68. The smallest absolute Gasteiger partial charge is 0.309 e. The fourth-order valence-corrected chi connectivity index (χ4v) is 0.922. The lowest BCUT2D eigenvalue weighted by Crippen LogP contribution is -2.02. The van der Waals surface area contributed by atoms with Crippen molar-refractivity contribution in [2.45, 2.75) is 13.3 Å². The van der Waals surface area contributed by atoms with Crippen LogP contribution in [-0.2, 0) is 11.2 Å². The van der Waals surface area contributed by atoms with Crippen LogP contribution in [0.5, 0.6) is 5.75 Å². The quantitative estimate of drug-likeness (QED) is 0.831. The summed E-state index contributed by atoms with van der Waals surface area (Å²) in [5, 5.41) is 8.47. The van der Waals surface area contributed by atoms with E-state index in [0.29, 0.717) is 18.1 Å². The number of carbonyl (C=O) groups is 1. The molecule has 1 N–H and O–H groups in total. The van der Waals surface area contributed by atoms with E-state index in [-0.39, 0.29) is 18.8 Å². The van der Waals surface area contributed by atoms with Crippen molar-refractivity contribution in [2.75, 3.05) is 6.61 Å². The molecule has 4 nitrogen and oxygen atoms in total. The van der Waals surface area contributed by atoms with Crippen LogP contribution in [0.3, 0.4) is 0 Å². The number of ether oxygens (including phenoxy) is 1. The number of rotatable bonds is 4. The molecule has 5 heteroatoms. The van der Waals surface area contributed by atoms with Crippen molar-refractivity contribution in [1.82, 2.24) is 4.98 Å². The molecule has 0 spiro atoms. The van der Waals surface area contributed by atoms with Crippen LogP contribution in [0.1, 0.15) is 12.6 Å². The van der Waals surface area contributed by atoms with Gasteiger partial charge in [-0.05, 0) is 19.1 Å². The van der Waals surface area contributed by atoms with Gasteiger partial charge in [0.25, 0.3) is 0 Å². The van der Waals surface area contributed by atoms with Crippen LogP contribution < -0.4 is 4.74 Å². The first-order valence-corrected chi connectivity index (χ1v) is 4.02. The fourth-order valence-electron chi connectivity index (χ4n) is 0.922. The SMILES string of the molecule is CCOc1ccc(CC(=O)O)nc1.Cl. The normalized spacial score (nSPS) is 8.93. The second-order valence-electron chi connectivity index (χ2n) is 2.49. The van der Waals surface area contributed by atoms with Gasteiger partial charge in [-0.2, -0.15) is 0 Å². The Bertz CT molecular complexity index is 287. The standard InChI is InChI=1S/C9H11NO3.ClH/c1-2-13-8-4-3-7(10-6-8)5-9(11)12;/h3-4,6H,2,5H2,1H3,(H,11,12);1H. The number of hydrogen-bond acceptors (Lipinski definition) is 3. The van der Waals surface area contributed by atoms with Gasteiger partial charge in [-0.3, -0.25) is 9.78 Å². The highest BCUT2D eigenvalue weighted by Crippen LogP contribution is 2.08. The lowest BCUT2D eigenvalue weighted by Gasteiger charge is -2.02. The monoisotopic (exact) mass is 217 g/mol. The molecule has 1 aromatic heterocycles. The van der Waals surface area contributed by atoms with Gasteiger partial charge in [-0.1, -0.05) is 0 Å². The zero-order valence-electron chi connectivity index (χ0n) is 7.77. The number of hydrogen-bond donors (Lipinski definition) is 1. The number of pyridine rings is 1. The lowest BCUT2D eigenvalue weighted by molar-refractivity contribution is -0.136. The molecule has 0 aliphatic carbocycles. The number of aliphatic carboxylic acids is 1. The summed E-state index contributed by atoms with van der Waals surface area (Å²) >= 11 is 0. The minimum absolute atomic E-state index is 0. The minimum Gasteiger partial charge on any atom is -0.492 e. The van der Waals surface area contributed by atoms with Crippen molar-refractivity contribution in [2.24, 2.45) is 0 Å². The Balaban J connectivity index is 0.00000169. The maximum absolute atomic E-state index is 10.3. The number of nitrogens with zero attached hydrogens (tertiary/aromatic N) is 1. The Morgan fingerprint density at radius 1 is 1.57 bits per heavy atom. The van der Waals surface area contributed by atoms with Gasteiger partial charge in [0.15, 0.2) is 0 Å². The van der Waals surface area contributed by atoms with Crippen molar-refractivity contribution in [3.63, 3.8) is 0 Å². The van der Waals surface area contributed by atoms with Crippen LogP contribution >= 0.6 is 12.4 Å². The molecule has 0 unspecified atom stereocenters. The minimum atomic E-state index is -0.878. The largest absolute Gasteiger partial charge is 0.492 e. The Morgan fingerprint density at radius 3 is 2.71 bits per heavy atom. The molecule has 0 aromatic carbocycles. The van der Waals surface area contributed by atoms with Crippen molar-refractivity contribution in [3.05, 3.63) is 24.0 Å². The van der Waals surface area contributed by atoms with Gasteiger partial charge >= 0.3 is 5.97 Å². The van der Waals surface area contributed by atoms with E-state index in [9.17, 15) is 4.79 Å². The first-order chi connectivity index (χ1) is 6.22. The molecule has 1 rings (SSSR count). The Labute approximate surface area is 88.3 Å². The summed E-state index contributed by atoms with van der Waals surface area (Å²) in [5.74, 6) is -0.215. The van der Waals surface area contributed by atoms with Crippen LogP contribution in [0.25, 0.3) is 0 Å². The van der Waals surface area contributed by atoms with E-state index in [1.165, 1.54) is 6.20 Å². The number of carboxylic acid groups (broad SMARTS) is 1. The molecule has 1 aromatic rings. The average Bonchev–Trinajstić information content (AvgIpc) is 2.08. The van der Waals surface area contributed by atoms with E-state index >= 15 is 0 Å². The van der Waals surface area contributed by atoms with E-state index in [0.717, 1.165) is 0 Å². The molecule has 0 aliphatic rings. The summed E-state index contributed by atoms with van der Waals surface area (Å²) < 4.78 is 5.16. The van der Waals surface area contributed by atoms with Crippen molar-refractivity contribution in [3.8, 4) is 5.75 Å². The average molecular weight is 218 g/mol. The summed E-state index contributed by atoms with van der Waals surface area (Å²) in [4.78, 5) is 14.2. The molecule has 78 valence electrons. The first kappa shape index (κ1) is 12.7. The third-order valence-electron chi connectivity index (χ3n) is 1.44. The molecular formula is C9H12ClNO3. The van der Waals surface area contributed by atoms with Gasteiger partial charge < -0.3 is 9.84 Å². The van der Waals surface area contributed by atoms with Crippen LogP contribution in [0.4, 0.5) is 0 Å². The van der Waals surface area contributed by atoms with Gasteiger partial charge in [0.2, 0.25) is 0 Å². The van der Waals surface area contributed by atoms with Gasteiger partial charge in [-0.15, -0.1) is 12.4 Å². The molecule has 0 atom stereocenters. The molecule has 0 bridgehead atoms. The van der Waals surface area contributed by atoms with Crippen molar-refractivity contribution < 1.29 is 14.6 Å². The van der Waals surface area contributed by atoms with Gasteiger partial charge in [0.1, 0.15) is 5.75 Å². The number of carboxylic acids is 1. The molecular weight excluding hydrogens is 206 g/mol. The van der Waals surface area contributed by atoms with Crippen LogP contribution in [0.2, 0.25) is 0 Å². The summed E-state index contributed by atoms with van der Waals surface area (Å²) in [6, 6.07) is 3.37. The predicted molar refractivity (Wildman–Crippen MR) is 54.0 cm³/mol. The van der Waals surface area contributed by atoms with E-state index < -0.39 is 5.97 Å². The van der Waals surface area contributed by atoms with E-state index in [1.54, 1.807) is 12.1 Å². The van der Waals surface area contributed by atoms with Crippen LogP contribution in [0.15, 0.2) is 18.3 Å². The molecule has 0 amide bonds. The maximum atomic E-state index is 10.3. The highest BCUT2D eigenvalue weighted by Gasteiger charge is 2.01. The van der Waals surface area contributed by atoms with Crippen molar-refractivity contribution in [1.29, 1.82) is 0 Å². The first-order valence-electron chi connectivity index (χ1n) is 4.02. The molecule has 0 aliphatic heterocycles. The predicted octanol–water partition coefficient (Wildman–Crippen LogP) is 1.53. The van der Waals surface area contributed by atoms with Crippen LogP contribution in [0, 0.1) is 0 Å². The highest BCUT2D eigenvalue weighted by atomic mass is 35.5. The van der Waals surface area contributed by atoms with Crippen LogP contribution in [-0.4, -0.2) is 22.7 Å². The van der Waals surface area contributed by atoms with Gasteiger partial charge in [0, 0.05) is 0 Å². The van der Waals surface area contributed by atoms with Gasteiger partial charge in [0.05, 0.1) is 24.9 Å². The number of aromatic nitrogens is 1. The zero-order valence-corrected chi connectivity index (χ0v) is 8.58. The second-order valence-corrected chi connectivity index (χ2v) is 2.49. The maximum Gasteiger partial charge on any atom is 0.309 e. The molecule has 0 fully saturated rings. The van der Waals surface area contributed by atoms with Crippen molar-refractivity contribution >= 4 is 18.4 Å². The fraction of sp³-hybridized carbons (Fsp3) is 0.333. The third kappa shape index (κ3) is 4.09. The van der Waals surface area contributed by atoms with E-state index in [2.05, 4.69) is 4.98 Å². The summed E-state index contributed by atoms with van der Waals surface area (Å²) in [6.45, 7) is 2.46. The lowest BCUT2D eigenvalue weighted by atomic mass is 10.3. The topological polar surface area (TPSA) is 59.4 Å². The Morgan fingerprint density at radius 2 is 2.29 bits per heavy atom. The summed E-state index contributed by atoms with van der Waals surface area (Å²) in [7, 11) is 0. The van der Waals surface area contributed by atoms with Gasteiger partial charge in [-0.25, -0.2) is 0 Å². The molecule has 14 heavy (non-hydrogen) atoms. The summed E-state index contributed by atoms with van der Waals surface area (Å²) in [5.41, 5.74) is 0.538. The second kappa shape index (κ2) is 6.21. The Hall–Kier alpha value is -1.29. The molecule has 0 saturated carbocycles. The van der Waals surface area contributed by atoms with E-state index in [4.69, 9.17) is 9.84 Å². The Kier molecular flexibility index (Phi) is 5.64. The van der Waals surface area contributed by atoms with E-state index in [1.807, 2.05) is 6.92 Å². The molecule has 0 radical (unpaired) electrons. The summed E-state index contributed by atoms with van der Waals surface area (Å²) in [6.07, 6.45) is 1.48.